The lowest BCUT2D eigenvalue weighted by molar-refractivity contribution is 0.482. The zero-order valence-corrected chi connectivity index (χ0v) is 10.2. The number of nitrogens with one attached hydrogen (secondary N) is 1. The highest BCUT2D eigenvalue weighted by molar-refractivity contribution is 5.34. The fourth-order valence-electron chi connectivity index (χ4n) is 1.62. The Balaban J connectivity index is 2.05. The van der Waals surface area contributed by atoms with Gasteiger partial charge in [-0.15, -0.1) is 0 Å². The van der Waals surface area contributed by atoms with Crippen LogP contribution in [0.25, 0.3) is 0 Å². The van der Waals surface area contributed by atoms with Crippen molar-refractivity contribution in [1.29, 1.82) is 0 Å². The van der Waals surface area contributed by atoms with Crippen LogP contribution < -0.4 is 10.1 Å². The average molecular weight is 227 g/mol. The van der Waals surface area contributed by atoms with Crippen LogP contribution in [0.2, 0.25) is 0 Å². The Morgan fingerprint density at radius 1 is 0.882 bits per heavy atom. The van der Waals surface area contributed by atoms with Crippen molar-refractivity contribution >= 4 is 0 Å². The van der Waals surface area contributed by atoms with Crippen LogP contribution in [0.5, 0.6) is 11.5 Å². The maximum atomic E-state index is 5.75. The fraction of sp³-hybridized carbons (Fsp3) is 0.200. The molecule has 0 radical (unpaired) electrons. The van der Waals surface area contributed by atoms with Crippen LogP contribution in [-0.4, -0.2) is 7.05 Å². The van der Waals surface area contributed by atoms with Gasteiger partial charge in [-0.25, -0.2) is 0 Å². The van der Waals surface area contributed by atoms with E-state index in [9.17, 15) is 0 Å². The first kappa shape index (κ1) is 11.7. The topological polar surface area (TPSA) is 21.3 Å². The zero-order valence-electron chi connectivity index (χ0n) is 10.2. The van der Waals surface area contributed by atoms with E-state index in [1.165, 1.54) is 11.1 Å². The van der Waals surface area contributed by atoms with Gasteiger partial charge in [0.1, 0.15) is 11.5 Å². The molecule has 0 atom stereocenters. The van der Waals surface area contributed by atoms with E-state index >= 15 is 0 Å². The number of aryl methyl sites for hydroxylation is 1. The Morgan fingerprint density at radius 2 is 1.41 bits per heavy atom. The molecule has 2 rings (SSSR count). The first-order chi connectivity index (χ1) is 8.28. The number of benzene rings is 2. The summed E-state index contributed by atoms with van der Waals surface area (Å²) >= 11 is 0. The van der Waals surface area contributed by atoms with E-state index in [-0.39, 0.29) is 0 Å². The third kappa shape index (κ3) is 3.33. The van der Waals surface area contributed by atoms with Crippen molar-refractivity contribution in [2.75, 3.05) is 7.05 Å². The molecule has 0 saturated heterocycles. The van der Waals surface area contributed by atoms with Crippen molar-refractivity contribution in [3.63, 3.8) is 0 Å². The maximum Gasteiger partial charge on any atom is 0.127 e. The molecule has 2 aromatic carbocycles. The van der Waals surface area contributed by atoms with Gasteiger partial charge in [0.15, 0.2) is 0 Å². The second-order valence-electron chi connectivity index (χ2n) is 4.09. The van der Waals surface area contributed by atoms with Crippen LogP contribution in [0, 0.1) is 6.92 Å². The SMILES string of the molecule is CNCc1ccc(Oc2ccc(C)cc2)cc1. The van der Waals surface area contributed by atoms with Crippen LogP contribution in [0.4, 0.5) is 0 Å². The Bertz CT molecular complexity index is 459. The Morgan fingerprint density at radius 3 is 1.94 bits per heavy atom. The van der Waals surface area contributed by atoms with E-state index < -0.39 is 0 Å². The summed E-state index contributed by atoms with van der Waals surface area (Å²) in [5, 5.41) is 3.12. The molecule has 0 unspecified atom stereocenters. The van der Waals surface area contributed by atoms with Gasteiger partial charge in [0.05, 0.1) is 0 Å². The summed E-state index contributed by atoms with van der Waals surface area (Å²) in [6.07, 6.45) is 0. The van der Waals surface area contributed by atoms with Gasteiger partial charge in [0.2, 0.25) is 0 Å². The van der Waals surface area contributed by atoms with Gasteiger partial charge < -0.3 is 10.1 Å². The predicted molar refractivity (Wildman–Crippen MR) is 70.5 cm³/mol. The molecule has 2 nitrogen and oxygen atoms in total. The van der Waals surface area contributed by atoms with E-state index in [0.29, 0.717) is 0 Å². The van der Waals surface area contributed by atoms with Crippen molar-refractivity contribution in [3.05, 3.63) is 59.7 Å². The third-order valence-corrected chi connectivity index (χ3v) is 2.56. The molecule has 17 heavy (non-hydrogen) atoms. The van der Waals surface area contributed by atoms with E-state index in [0.717, 1.165) is 18.0 Å². The number of hydrogen-bond donors (Lipinski definition) is 1. The van der Waals surface area contributed by atoms with Crippen molar-refractivity contribution in [3.8, 4) is 11.5 Å². The second kappa shape index (κ2) is 5.51. The van der Waals surface area contributed by atoms with Crippen molar-refractivity contribution in [2.45, 2.75) is 13.5 Å². The minimum absolute atomic E-state index is 0.869. The second-order valence-corrected chi connectivity index (χ2v) is 4.09. The highest BCUT2D eigenvalue weighted by Crippen LogP contribution is 2.21. The Kier molecular flexibility index (Phi) is 3.78. The molecule has 0 aliphatic heterocycles. The van der Waals surface area contributed by atoms with Gasteiger partial charge in [-0.1, -0.05) is 29.8 Å². The molecule has 0 fully saturated rings. The van der Waals surface area contributed by atoms with Crippen molar-refractivity contribution < 1.29 is 4.74 Å². The third-order valence-electron chi connectivity index (χ3n) is 2.56. The standard InChI is InChI=1S/C15H17NO/c1-12-3-7-14(8-4-12)17-15-9-5-13(6-10-15)11-16-2/h3-10,16H,11H2,1-2H3. The van der Waals surface area contributed by atoms with Crippen LogP contribution in [0.3, 0.4) is 0 Å². The molecule has 0 aliphatic carbocycles. The molecule has 0 saturated carbocycles. The van der Waals surface area contributed by atoms with E-state index in [2.05, 4.69) is 24.4 Å². The summed E-state index contributed by atoms with van der Waals surface area (Å²) in [6, 6.07) is 16.2. The normalized spacial score (nSPS) is 10.2. The van der Waals surface area contributed by atoms with Crippen molar-refractivity contribution in [1.82, 2.24) is 5.32 Å². The van der Waals surface area contributed by atoms with Gasteiger partial charge in [-0.05, 0) is 43.8 Å². The maximum absolute atomic E-state index is 5.75. The molecule has 0 aromatic heterocycles. The molecule has 2 aromatic rings. The Hall–Kier alpha value is -1.80. The van der Waals surface area contributed by atoms with Crippen LogP contribution in [-0.2, 0) is 6.54 Å². The number of ether oxygens (including phenoxy) is 1. The predicted octanol–water partition coefficient (Wildman–Crippen LogP) is 3.51. The molecule has 0 bridgehead atoms. The number of rotatable bonds is 4. The highest BCUT2D eigenvalue weighted by atomic mass is 16.5. The zero-order chi connectivity index (χ0) is 12.1. The lowest BCUT2D eigenvalue weighted by Gasteiger charge is -2.07. The van der Waals surface area contributed by atoms with E-state index in [4.69, 9.17) is 4.74 Å². The molecule has 0 heterocycles. The molecular formula is C15H17NO. The monoisotopic (exact) mass is 227 g/mol. The molecular weight excluding hydrogens is 210 g/mol. The summed E-state index contributed by atoms with van der Waals surface area (Å²) in [7, 11) is 1.94. The minimum Gasteiger partial charge on any atom is -0.457 e. The van der Waals surface area contributed by atoms with Crippen LogP contribution >= 0.6 is 0 Å². The fourth-order valence-corrected chi connectivity index (χ4v) is 1.62. The smallest absolute Gasteiger partial charge is 0.127 e. The largest absolute Gasteiger partial charge is 0.457 e. The molecule has 0 amide bonds. The lowest BCUT2D eigenvalue weighted by Crippen LogP contribution is -2.04. The highest BCUT2D eigenvalue weighted by Gasteiger charge is 1.97. The van der Waals surface area contributed by atoms with Gasteiger partial charge >= 0.3 is 0 Å². The summed E-state index contributed by atoms with van der Waals surface area (Å²) in [5.41, 5.74) is 2.49. The Labute approximate surface area is 102 Å². The average Bonchev–Trinajstić information content (AvgIpc) is 2.35. The van der Waals surface area contributed by atoms with Gasteiger partial charge in [-0.3, -0.25) is 0 Å². The van der Waals surface area contributed by atoms with Crippen LogP contribution in [0.1, 0.15) is 11.1 Å². The molecule has 0 aliphatic rings. The van der Waals surface area contributed by atoms with Crippen molar-refractivity contribution in [2.24, 2.45) is 0 Å². The first-order valence-electron chi connectivity index (χ1n) is 5.76. The van der Waals surface area contributed by atoms with Gasteiger partial charge in [0.25, 0.3) is 0 Å². The van der Waals surface area contributed by atoms with E-state index in [1.54, 1.807) is 0 Å². The molecule has 0 spiro atoms. The summed E-state index contributed by atoms with van der Waals surface area (Å²) in [5.74, 6) is 1.74. The first-order valence-corrected chi connectivity index (χ1v) is 5.76. The number of hydrogen-bond acceptors (Lipinski definition) is 2. The molecule has 2 heteroatoms. The van der Waals surface area contributed by atoms with E-state index in [1.807, 2.05) is 43.4 Å². The minimum atomic E-state index is 0.869. The van der Waals surface area contributed by atoms with Gasteiger partial charge in [-0.2, -0.15) is 0 Å². The summed E-state index contributed by atoms with van der Waals surface area (Å²) in [6.45, 7) is 2.95. The lowest BCUT2D eigenvalue weighted by atomic mass is 10.2. The molecule has 1 N–H and O–H groups in total. The summed E-state index contributed by atoms with van der Waals surface area (Å²) < 4.78 is 5.75. The quantitative estimate of drug-likeness (QED) is 0.863. The van der Waals surface area contributed by atoms with Gasteiger partial charge in [0, 0.05) is 6.54 Å². The van der Waals surface area contributed by atoms with Crippen LogP contribution in [0.15, 0.2) is 48.5 Å². The summed E-state index contributed by atoms with van der Waals surface area (Å²) in [4.78, 5) is 0. The molecule has 88 valence electrons.